The van der Waals surface area contributed by atoms with E-state index in [4.69, 9.17) is 4.74 Å². The highest BCUT2D eigenvalue weighted by atomic mass is 16.5. The van der Waals surface area contributed by atoms with Gasteiger partial charge in [-0.15, -0.1) is 0 Å². The summed E-state index contributed by atoms with van der Waals surface area (Å²) in [5.74, 6) is 1.09. The molecule has 3 atom stereocenters. The third-order valence-corrected chi connectivity index (χ3v) is 3.27. The smallest absolute Gasteiger partial charge is 0.139 e. The lowest BCUT2D eigenvalue weighted by Crippen LogP contribution is -2.49. The second-order valence-corrected chi connectivity index (χ2v) is 4.79. The molecule has 0 spiro atoms. The average Bonchev–Trinajstić information content (AvgIpc) is 2.22. The van der Waals surface area contributed by atoms with Crippen LogP contribution in [0.2, 0.25) is 0 Å². The van der Waals surface area contributed by atoms with Gasteiger partial charge in [-0.05, 0) is 5.92 Å². The Labute approximate surface area is 73.3 Å². The summed E-state index contributed by atoms with van der Waals surface area (Å²) in [6.07, 6.45) is 0.928. The highest BCUT2D eigenvalue weighted by molar-refractivity contribution is 5.90. The van der Waals surface area contributed by atoms with E-state index in [-0.39, 0.29) is 17.4 Å². The molecular weight excluding hydrogens is 152 g/mol. The van der Waals surface area contributed by atoms with E-state index in [0.29, 0.717) is 11.7 Å². The van der Waals surface area contributed by atoms with Crippen molar-refractivity contribution in [2.45, 2.75) is 33.3 Å². The van der Waals surface area contributed by atoms with Gasteiger partial charge in [0.05, 0.1) is 18.6 Å². The SMILES string of the molecule is CC(C)C1OCC2(C)CC(=O)C12. The summed E-state index contributed by atoms with van der Waals surface area (Å²) < 4.78 is 5.65. The van der Waals surface area contributed by atoms with Crippen LogP contribution in [0, 0.1) is 17.3 Å². The van der Waals surface area contributed by atoms with Crippen LogP contribution in [0.25, 0.3) is 0 Å². The van der Waals surface area contributed by atoms with Gasteiger partial charge in [0.25, 0.3) is 0 Å². The first-order valence-corrected chi connectivity index (χ1v) is 4.69. The quantitative estimate of drug-likeness (QED) is 0.595. The molecule has 0 aromatic carbocycles. The summed E-state index contributed by atoms with van der Waals surface area (Å²) in [5, 5.41) is 0. The van der Waals surface area contributed by atoms with Crippen molar-refractivity contribution in [3.8, 4) is 0 Å². The van der Waals surface area contributed by atoms with Gasteiger partial charge in [0, 0.05) is 11.8 Å². The van der Waals surface area contributed by atoms with Crippen LogP contribution < -0.4 is 0 Å². The van der Waals surface area contributed by atoms with Gasteiger partial charge in [0.1, 0.15) is 5.78 Å². The zero-order valence-corrected chi connectivity index (χ0v) is 7.96. The van der Waals surface area contributed by atoms with Crippen LogP contribution in [0.3, 0.4) is 0 Å². The van der Waals surface area contributed by atoms with Crippen LogP contribution in [0.15, 0.2) is 0 Å². The lowest BCUT2D eigenvalue weighted by molar-refractivity contribution is -0.139. The Morgan fingerprint density at radius 1 is 1.58 bits per heavy atom. The molecule has 1 saturated carbocycles. The minimum Gasteiger partial charge on any atom is -0.377 e. The molecule has 68 valence electrons. The highest BCUT2D eigenvalue weighted by Crippen LogP contribution is 2.52. The fourth-order valence-corrected chi connectivity index (χ4v) is 2.56. The Morgan fingerprint density at radius 3 is 2.67 bits per heavy atom. The number of ether oxygens (including phenoxy) is 1. The molecule has 2 aliphatic rings. The summed E-state index contributed by atoms with van der Waals surface area (Å²) in [4.78, 5) is 11.4. The van der Waals surface area contributed by atoms with Crippen LogP contribution in [-0.4, -0.2) is 18.5 Å². The average molecular weight is 168 g/mol. The molecule has 0 N–H and O–H groups in total. The summed E-state index contributed by atoms with van der Waals surface area (Å²) in [6.45, 7) is 7.21. The topological polar surface area (TPSA) is 26.3 Å². The van der Waals surface area contributed by atoms with Gasteiger partial charge in [0.2, 0.25) is 0 Å². The van der Waals surface area contributed by atoms with E-state index < -0.39 is 0 Å². The number of carbonyl (C=O) groups excluding carboxylic acids is 1. The molecule has 0 radical (unpaired) electrons. The van der Waals surface area contributed by atoms with E-state index in [1.54, 1.807) is 0 Å². The maximum Gasteiger partial charge on any atom is 0.139 e. The maximum absolute atomic E-state index is 11.4. The fraction of sp³-hybridized carbons (Fsp3) is 0.900. The normalized spacial score (nSPS) is 46.2. The maximum atomic E-state index is 11.4. The van der Waals surface area contributed by atoms with Crippen molar-refractivity contribution in [2.24, 2.45) is 17.3 Å². The molecule has 1 aliphatic carbocycles. The van der Waals surface area contributed by atoms with Gasteiger partial charge in [0.15, 0.2) is 0 Å². The number of carbonyl (C=O) groups is 1. The summed E-state index contributed by atoms with van der Waals surface area (Å²) in [5.41, 5.74) is 0.187. The molecule has 0 aromatic heterocycles. The van der Waals surface area contributed by atoms with Crippen molar-refractivity contribution in [1.82, 2.24) is 0 Å². The largest absolute Gasteiger partial charge is 0.377 e. The van der Waals surface area contributed by atoms with E-state index in [0.717, 1.165) is 13.0 Å². The summed E-state index contributed by atoms with van der Waals surface area (Å²) >= 11 is 0. The predicted octanol–water partition coefficient (Wildman–Crippen LogP) is 1.64. The third kappa shape index (κ3) is 0.875. The summed E-state index contributed by atoms with van der Waals surface area (Å²) in [7, 11) is 0. The highest BCUT2D eigenvalue weighted by Gasteiger charge is 2.59. The van der Waals surface area contributed by atoms with E-state index in [2.05, 4.69) is 20.8 Å². The molecule has 0 amide bonds. The van der Waals surface area contributed by atoms with E-state index in [1.165, 1.54) is 0 Å². The van der Waals surface area contributed by atoms with Crippen LogP contribution in [0.5, 0.6) is 0 Å². The number of fused-ring (bicyclic) bond motifs is 1. The first kappa shape index (κ1) is 8.24. The molecule has 0 aromatic rings. The van der Waals surface area contributed by atoms with Crippen LogP contribution in [0.1, 0.15) is 27.2 Å². The molecule has 2 fully saturated rings. The Morgan fingerprint density at radius 2 is 2.25 bits per heavy atom. The van der Waals surface area contributed by atoms with Gasteiger partial charge >= 0.3 is 0 Å². The van der Waals surface area contributed by atoms with Crippen molar-refractivity contribution in [3.63, 3.8) is 0 Å². The van der Waals surface area contributed by atoms with Gasteiger partial charge in [-0.25, -0.2) is 0 Å². The zero-order valence-electron chi connectivity index (χ0n) is 7.96. The van der Waals surface area contributed by atoms with Gasteiger partial charge in [-0.3, -0.25) is 4.79 Å². The zero-order chi connectivity index (χ0) is 8.93. The minimum atomic E-state index is 0.187. The van der Waals surface area contributed by atoms with Gasteiger partial charge in [-0.1, -0.05) is 20.8 Å². The van der Waals surface area contributed by atoms with Crippen molar-refractivity contribution in [1.29, 1.82) is 0 Å². The number of rotatable bonds is 1. The molecular formula is C10H16O2. The van der Waals surface area contributed by atoms with E-state index in [9.17, 15) is 4.79 Å². The van der Waals surface area contributed by atoms with E-state index >= 15 is 0 Å². The number of hydrogen-bond acceptors (Lipinski definition) is 2. The van der Waals surface area contributed by atoms with Crippen LogP contribution in [-0.2, 0) is 9.53 Å². The first-order chi connectivity index (χ1) is 5.54. The lowest BCUT2D eigenvalue weighted by atomic mass is 9.59. The fourth-order valence-electron chi connectivity index (χ4n) is 2.56. The van der Waals surface area contributed by atoms with Crippen LogP contribution in [0.4, 0.5) is 0 Å². The molecule has 1 heterocycles. The van der Waals surface area contributed by atoms with Crippen molar-refractivity contribution < 1.29 is 9.53 Å². The monoisotopic (exact) mass is 168 g/mol. The van der Waals surface area contributed by atoms with Crippen molar-refractivity contribution in [2.75, 3.05) is 6.61 Å². The van der Waals surface area contributed by atoms with Crippen LogP contribution >= 0.6 is 0 Å². The Kier molecular flexibility index (Phi) is 1.59. The van der Waals surface area contributed by atoms with Gasteiger partial charge < -0.3 is 4.74 Å². The first-order valence-electron chi connectivity index (χ1n) is 4.69. The Bertz CT molecular complexity index is 222. The molecule has 1 saturated heterocycles. The Hall–Kier alpha value is -0.370. The molecule has 1 aliphatic heterocycles. The number of ketones is 1. The molecule has 2 heteroatoms. The predicted molar refractivity (Wildman–Crippen MR) is 45.8 cm³/mol. The van der Waals surface area contributed by atoms with Crippen molar-refractivity contribution in [3.05, 3.63) is 0 Å². The number of hydrogen-bond donors (Lipinski definition) is 0. The molecule has 12 heavy (non-hydrogen) atoms. The standard InChI is InChI=1S/C10H16O2/c1-6(2)9-8-7(11)4-10(8,3)5-12-9/h6,8-9H,4-5H2,1-3H3. The lowest BCUT2D eigenvalue weighted by Gasteiger charge is -2.40. The third-order valence-electron chi connectivity index (χ3n) is 3.27. The second-order valence-electron chi connectivity index (χ2n) is 4.79. The van der Waals surface area contributed by atoms with Crippen molar-refractivity contribution >= 4 is 5.78 Å². The van der Waals surface area contributed by atoms with Gasteiger partial charge in [-0.2, -0.15) is 0 Å². The Balaban J connectivity index is 2.17. The minimum absolute atomic E-state index is 0.187. The molecule has 3 unspecified atom stereocenters. The summed E-state index contributed by atoms with van der Waals surface area (Å²) in [6, 6.07) is 0. The molecule has 2 nitrogen and oxygen atoms in total. The molecule has 2 rings (SSSR count). The number of Topliss-reactive ketones (excluding diaryl/α,β-unsaturated/α-hetero) is 1. The second kappa shape index (κ2) is 2.32. The molecule has 0 bridgehead atoms. The van der Waals surface area contributed by atoms with E-state index in [1.807, 2.05) is 0 Å².